The molecule has 0 spiro atoms. The lowest BCUT2D eigenvalue weighted by atomic mass is 10.1. The molecule has 0 aliphatic carbocycles. The van der Waals surface area contributed by atoms with Crippen LogP contribution in [0, 0.1) is 11.7 Å². The Balaban J connectivity index is 2.40. The van der Waals surface area contributed by atoms with Crippen molar-refractivity contribution in [2.75, 3.05) is 19.8 Å². The molecule has 1 rings (SSSR count). The molecule has 0 aliphatic rings. The molecule has 0 bridgehead atoms. The van der Waals surface area contributed by atoms with Crippen LogP contribution in [-0.4, -0.2) is 25.6 Å². The first kappa shape index (κ1) is 15.6. The van der Waals surface area contributed by atoms with Crippen molar-refractivity contribution in [1.82, 2.24) is 0 Å². The van der Waals surface area contributed by atoms with Crippen LogP contribution in [0.5, 0.6) is 5.75 Å². The highest BCUT2D eigenvalue weighted by molar-refractivity contribution is 5.96. The number of rotatable bonds is 8. The quantitative estimate of drug-likeness (QED) is 0.535. The van der Waals surface area contributed by atoms with Gasteiger partial charge in [0.25, 0.3) is 0 Å². The third-order valence-corrected chi connectivity index (χ3v) is 2.65. The number of Topliss-reactive ketones (excluding diaryl/α,β-unsaturated/α-hetero) is 1. The Morgan fingerprint density at radius 2 is 2.00 bits per heavy atom. The fraction of sp³-hybridized carbons (Fsp3) is 0.533. The highest BCUT2D eigenvalue weighted by atomic mass is 19.1. The molecular formula is C15H21FO3. The molecule has 4 heteroatoms. The average molecular weight is 268 g/mol. The van der Waals surface area contributed by atoms with Gasteiger partial charge in [-0.05, 0) is 31.4 Å². The lowest BCUT2D eigenvalue weighted by Crippen LogP contribution is -2.10. The van der Waals surface area contributed by atoms with E-state index in [1.165, 1.54) is 25.1 Å². The summed E-state index contributed by atoms with van der Waals surface area (Å²) in [5.41, 5.74) is 0.392. The molecule has 0 radical (unpaired) electrons. The first-order valence-corrected chi connectivity index (χ1v) is 6.51. The Morgan fingerprint density at radius 3 is 2.63 bits per heavy atom. The van der Waals surface area contributed by atoms with Crippen LogP contribution in [0.3, 0.4) is 0 Å². The molecular weight excluding hydrogens is 247 g/mol. The summed E-state index contributed by atoms with van der Waals surface area (Å²) in [6, 6.07) is 3.92. The summed E-state index contributed by atoms with van der Waals surface area (Å²) in [4.78, 5) is 11.4. The van der Waals surface area contributed by atoms with E-state index in [2.05, 4.69) is 13.8 Å². The molecule has 3 nitrogen and oxygen atoms in total. The SMILES string of the molecule is CC(=O)c1ccc(F)cc1OCCOCCC(C)C. The van der Waals surface area contributed by atoms with Gasteiger partial charge in [0.2, 0.25) is 0 Å². The number of benzene rings is 1. The summed E-state index contributed by atoms with van der Waals surface area (Å²) in [7, 11) is 0. The molecule has 0 heterocycles. The lowest BCUT2D eigenvalue weighted by Gasteiger charge is -2.11. The molecule has 0 unspecified atom stereocenters. The Kier molecular flexibility index (Phi) is 6.50. The van der Waals surface area contributed by atoms with Crippen LogP contribution in [0.4, 0.5) is 4.39 Å². The zero-order chi connectivity index (χ0) is 14.3. The number of hydrogen-bond donors (Lipinski definition) is 0. The maximum atomic E-state index is 13.1. The summed E-state index contributed by atoms with van der Waals surface area (Å²) in [5.74, 6) is 0.324. The normalized spacial score (nSPS) is 10.8. The van der Waals surface area contributed by atoms with Crippen LogP contribution in [0.1, 0.15) is 37.6 Å². The van der Waals surface area contributed by atoms with Crippen LogP contribution < -0.4 is 4.74 Å². The second kappa shape index (κ2) is 7.89. The van der Waals surface area contributed by atoms with Gasteiger partial charge in [0.1, 0.15) is 18.2 Å². The number of carbonyl (C=O) groups is 1. The maximum Gasteiger partial charge on any atom is 0.163 e. The molecule has 1 aromatic carbocycles. The van der Waals surface area contributed by atoms with E-state index in [4.69, 9.17) is 9.47 Å². The number of ether oxygens (including phenoxy) is 2. The van der Waals surface area contributed by atoms with Gasteiger partial charge in [0.05, 0.1) is 12.2 Å². The van der Waals surface area contributed by atoms with Crippen LogP contribution in [0.15, 0.2) is 18.2 Å². The van der Waals surface area contributed by atoms with Gasteiger partial charge in [-0.25, -0.2) is 4.39 Å². The van der Waals surface area contributed by atoms with E-state index in [0.29, 0.717) is 31.3 Å². The van der Waals surface area contributed by atoms with E-state index in [9.17, 15) is 9.18 Å². The van der Waals surface area contributed by atoms with Crippen LogP contribution in [0.25, 0.3) is 0 Å². The minimum atomic E-state index is -0.416. The van der Waals surface area contributed by atoms with Gasteiger partial charge in [0, 0.05) is 12.7 Å². The van der Waals surface area contributed by atoms with E-state index < -0.39 is 5.82 Å². The fourth-order valence-electron chi connectivity index (χ4n) is 1.54. The minimum Gasteiger partial charge on any atom is -0.490 e. The molecule has 1 aromatic rings. The van der Waals surface area contributed by atoms with E-state index in [1.807, 2.05) is 0 Å². The van der Waals surface area contributed by atoms with Gasteiger partial charge in [0.15, 0.2) is 5.78 Å². The topological polar surface area (TPSA) is 35.5 Å². The first-order chi connectivity index (χ1) is 9.00. The number of carbonyl (C=O) groups excluding carboxylic acids is 1. The number of hydrogen-bond acceptors (Lipinski definition) is 3. The average Bonchev–Trinajstić information content (AvgIpc) is 2.33. The van der Waals surface area contributed by atoms with Crippen LogP contribution in [-0.2, 0) is 4.74 Å². The van der Waals surface area contributed by atoms with Crippen LogP contribution >= 0.6 is 0 Å². The predicted octanol–water partition coefficient (Wildman–Crippen LogP) is 3.47. The molecule has 0 saturated heterocycles. The second-order valence-corrected chi connectivity index (χ2v) is 4.84. The third-order valence-electron chi connectivity index (χ3n) is 2.65. The maximum absolute atomic E-state index is 13.1. The van der Waals surface area contributed by atoms with E-state index >= 15 is 0 Å². The monoisotopic (exact) mass is 268 g/mol. The molecule has 0 amide bonds. The van der Waals surface area contributed by atoms with Crippen molar-refractivity contribution in [1.29, 1.82) is 0 Å². The largest absolute Gasteiger partial charge is 0.490 e. The summed E-state index contributed by atoms with van der Waals surface area (Å²) in [5, 5.41) is 0. The molecule has 19 heavy (non-hydrogen) atoms. The molecule has 0 saturated carbocycles. The zero-order valence-corrected chi connectivity index (χ0v) is 11.7. The lowest BCUT2D eigenvalue weighted by molar-refractivity contribution is 0.0906. The summed E-state index contributed by atoms with van der Waals surface area (Å²) in [6.45, 7) is 7.11. The Hall–Kier alpha value is -1.42. The molecule has 0 fully saturated rings. The van der Waals surface area contributed by atoms with Crippen molar-refractivity contribution in [2.24, 2.45) is 5.92 Å². The summed E-state index contributed by atoms with van der Waals surface area (Å²) in [6.07, 6.45) is 0.999. The van der Waals surface area contributed by atoms with E-state index in [-0.39, 0.29) is 11.5 Å². The van der Waals surface area contributed by atoms with E-state index in [0.717, 1.165) is 6.42 Å². The van der Waals surface area contributed by atoms with Gasteiger partial charge in [-0.15, -0.1) is 0 Å². The summed E-state index contributed by atoms with van der Waals surface area (Å²) >= 11 is 0. The van der Waals surface area contributed by atoms with Crippen molar-refractivity contribution in [3.8, 4) is 5.75 Å². The van der Waals surface area contributed by atoms with Gasteiger partial charge >= 0.3 is 0 Å². The molecule has 106 valence electrons. The highest BCUT2D eigenvalue weighted by Gasteiger charge is 2.09. The second-order valence-electron chi connectivity index (χ2n) is 4.84. The standard InChI is InChI=1S/C15H21FO3/c1-11(2)6-7-18-8-9-19-15-10-13(16)4-5-14(15)12(3)17/h4-5,10-11H,6-9H2,1-3H3. The van der Waals surface area contributed by atoms with Gasteiger partial charge in [-0.3, -0.25) is 4.79 Å². The van der Waals surface area contributed by atoms with Gasteiger partial charge in [-0.2, -0.15) is 0 Å². The Morgan fingerprint density at radius 1 is 1.26 bits per heavy atom. The number of halogens is 1. The summed E-state index contributed by atoms with van der Waals surface area (Å²) < 4.78 is 23.9. The molecule has 0 aromatic heterocycles. The van der Waals surface area contributed by atoms with E-state index in [1.54, 1.807) is 0 Å². The third kappa shape index (κ3) is 5.83. The number of ketones is 1. The van der Waals surface area contributed by atoms with Crippen LogP contribution in [0.2, 0.25) is 0 Å². The molecule has 0 N–H and O–H groups in total. The minimum absolute atomic E-state index is 0.143. The fourth-order valence-corrected chi connectivity index (χ4v) is 1.54. The smallest absolute Gasteiger partial charge is 0.163 e. The van der Waals surface area contributed by atoms with Crippen molar-refractivity contribution >= 4 is 5.78 Å². The van der Waals surface area contributed by atoms with Gasteiger partial charge < -0.3 is 9.47 Å². The van der Waals surface area contributed by atoms with Gasteiger partial charge in [-0.1, -0.05) is 13.8 Å². The van der Waals surface area contributed by atoms with Crippen molar-refractivity contribution in [2.45, 2.75) is 27.2 Å². The highest BCUT2D eigenvalue weighted by Crippen LogP contribution is 2.20. The molecule has 0 aliphatic heterocycles. The Labute approximate surface area is 113 Å². The Bertz CT molecular complexity index is 416. The molecule has 0 atom stereocenters. The van der Waals surface area contributed by atoms with Crippen molar-refractivity contribution in [3.63, 3.8) is 0 Å². The predicted molar refractivity (Wildman–Crippen MR) is 72.2 cm³/mol. The van der Waals surface area contributed by atoms with Crippen molar-refractivity contribution < 1.29 is 18.7 Å². The first-order valence-electron chi connectivity index (χ1n) is 6.51. The zero-order valence-electron chi connectivity index (χ0n) is 11.7. The van der Waals surface area contributed by atoms with Crippen molar-refractivity contribution in [3.05, 3.63) is 29.6 Å².